The molecule has 0 spiro atoms. The van der Waals surface area contributed by atoms with Crippen molar-refractivity contribution in [1.82, 2.24) is 0 Å². The number of hydrogen-bond acceptors (Lipinski definition) is 3. The van der Waals surface area contributed by atoms with Crippen LogP contribution in [0.3, 0.4) is 0 Å². The summed E-state index contributed by atoms with van der Waals surface area (Å²) in [5, 5.41) is 0. The molecule has 0 saturated heterocycles. The zero-order chi connectivity index (χ0) is 14.1. The fraction of sp³-hybridized carbons (Fsp3) is 0.375. The third-order valence-electron chi connectivity index (χ3n) is 2.75. The second kappa shape index (κ2) is 8.25. The minimum atomic E-state index is 0.549. The smallest absolute Gasteiger partial charge is 0.160 e. The van der Waals surface area contributed by atoms with Crippen LogP contribution in [0.15, 0.2) is 42.7 Å². The number of aryl methyl sites for hydroxylation is 1. The summed E-state index contributed by atoms with van der Waals surface area (Å²) in [4.78, 5) is 0. The van der Waals surface area contributed by atoms with Gasteiger partial charge in [-0.3, -0.25) is 0 Å². The average Bonchev–Trinajstić information content (AvgIpc) is 2.45. The van der Waals surface area contributed by atoms with Crippen LogP contribution in [0.4, 0.5) is 0 Å². The molecule has 0 heterocycles. The predicted octanol–water partition coefficient (Wildman–Crippen LogP) is 3.74. The number of methoxy groups -OCH3 is 2. The monoisotopic (exact) mass is 262 g/mol. The second-order valence-electron chi connectivity index (χ2n) is 4.28. The Bertz CT molecular complexity index is 436. The zero-order valence-corrected chi connectivity index (χ0v) is 11.9. The number of allylic oxidation sites excluding steroid dienone is 1. The molecule has 104 valence electrons. The van der Waals surface area contributed by atoms with Crippen LogP contribution in [0.25, 0.3) is 0 Å². The molecule has 3 heteroatoms. The predicted molar refractivity (Wildman–Crippen MR) is 77.8 cm³/mol. The molecule has 1 rings (SSSR count). The normalized spacial score (nSPS) is 11.0. The Morgan fingerprint density at radius 1 is 1.21 bits per heavy atom. The SMILES string of the molecule is C=CCO/C=C(\C)CCc1ccc(OC)c(OC)c1. The summed E-state index contributed by atoms with van der Waals surface area (Å²) in [7, 11) is 3.29. The Balaban J connectivity index is 2.58. The molecule has 0 aliphatic carbocycles. The molecule has 0 saturated carbocycles. The van der Waals surface area contributed by atoms with Crippen molar-refractivity contribution in [3.05, 3.63) is 48.3 Å². The first-order valence-electron chi connectivity index (χ1n) is 6.30. The summed E-state index contributed by atoms with van der Waals surface area (Å²) < 4.78 is 15.8. The number of ether oxygens (including phenoxy) is 3. The molecule has 0 radical (unpaired) electrons. The van der Waals surface area contributed by atoms with E-state index < -0.39 is 0 Å². The van der Waals surface area contributed by atoms with Gasteiger partial charge in [-0.1, -0.05) is 18.7 Å². The lowest BCUT2D eigenvalue weighted by molar-refractivity contribution is 0.285. The molecule has 3 nitrogen and oxygen atoms in total. The molecule has 0 aliphatic rings. The maximum absolute atomic E-state index is 5.29. The number of benzene rings is 1. The van der Waals surface area contributed by atoms with Crippen molar-refractivity contribution in [2.45, 2.75) is 19.8 Å². The van der Waals surface area contributed by atoms with Crippen molar-refractivity contribution in [1.29, 1.82) is 0 Å². The molecule has 0 amide bonds. The summed E-state index contributed by atoms with van der Waals surface area (Å²) in [6, 6.07) is 6.00. The van der Waals surface area contributed by atoms with Gasteiger partial charge in [0.1, 0.15) is 6.61 Å². The topological polar surface area (TPSA) is 27.7 Å². The van der Waals surface area contributed by atoms with Crippen LogP contribution in [0, 0.1) is 0 Å². The van der Waals surface area contributed by atoms with Crippen LogP contribution in [0.2, 0.25) is 0 Å². The highest BCUT2D eigenvalue weighted by molar-refractivity contribution is 5.43. The summed E-state index contributed by atoms with van der Waals surface area (Å²) in [6.45, 7) is 6.22. The molecule has 1 aromatic rings. The van der Waals surface area contributed by atoms with Crippen LogP contribution in [0.5, 0.6) is 11.5 Å². The maximum atomic E-state index is 5.29. The fourth-order valence-electron chi connectivity index (χ4n) is 1.69. The van der Waals surface area contributed by atoms with Gasteiger partial charge in [-0.2, -0.15) is 0 Å². The summed E-state index contributed by atoms with van der Waals surface area (Å²) >= 11 is 0. The molecule has 0 bridgehead atoms. The third kappa shape index (κ3) is 5.08. The molecule has 1 aromatic carbocycles. The standard InChI is InChI=1S/C16H22O3/c1-5-10-19-12-13(2)6-7-14-8-9-15(17-3)16(11-14)18-4/h5,8-9,11-12H,1,6-7,10H2,2-4H3/b13-12+. The number of rotatable bonds is 8. The molecule has 0 N–H and O–H groups in total. The van der Waals surface area contributed by atoms with Gasteiger partial charge in [0, 0.05) is 0 Å². The van der Waals surface area contributed by atoms with Crippen LogP contribution in [-0.4, -0.2) is 20.8 Å². The van der Waals surface area contributed by atoms with Crippen LogP contribution in [-0.2, 0) is 11.2 Å². The molecule has 0 atom stereocenters. The first-order chi connectivity index (χ1) is 9.21. The Kier molecular flexibility index (Phi) is 6.58. The lowest BCUT2D eigenvalue weighted by Gasteiger charge is -2.09. The van der Waals surface area contributed by atoms with Crippen LogP contribution >= 0.6 is 0 Å². The third-order valence-corrected chi connectivity index (χ3v) is 2.75. The first-order valence-corrected chi connectivity index (χ1v) is 6.30. The van der Waals surface area contributed by atoms with Crippen molar-refractivity contribution >= 4 is 0 Å². The lowest BCUT2D eigenvalue weighted by Crippen LogP contribution is -1.93. The average molecular weight is 262 g/mol. The van der Waals surface area contributed by atoms with E-state index in [-0.39, 0.29) is 0 Å². The van der Waals surface area contributed by atoms with E-state index in [9.17, 15) is 0 Å². The number of hydrogen-bond donors (Lipinski definition) is 0. The van der Waals surface area contributed by atoms with Gasteiger partial charge in [0.15, 0.2) is 11.5 Å². The van der Waals surface area contributed by atoms with E-state index in [0.29, 0.717) is 6.61 Å². The van der Waals surface area contributed by atoms with Crippen molar-refractivity contribution in [2.75, 3.05) is 20.8 Å². The summed E-state index contributed by atoms with van der Waals surface area (Å²) in [5.41, 5.74) is 2.42. The summed E-state index contributed by atoms with van der Waals surface area (Å²) in [6.07, 6.45) is 5.42. The molecule has 19 heavy (non-hydrogen) atoms. The quantitative estimate of drug-likeness (QED) is 0.406. The Hall–Kier alpha value is -1.90. The van der Waals surface area contributed by atoms with Gasteiger partial charge in [-0.05, 0) is 43.0 Å². The van der Waals surface area contributed by atoms with Crippen molar-refractivity contribution in [3.63, 3.8) is 0 Å². The molecule has 0 unspecified atom stereocenters. The molecular formula is C16H22O3. The highest BCUT2D eigenvalue weighted by Crippen LogP contribution is 2.28. The van der Waals surface area contributed by atoms with Crippen molar-refractivity contribution in [3.8, 4) is 11.5 Å². The molecular weight excluding hydrogens is 240 g/mol. The lowest BCUT2D eigenvalue weighted by atomic mass is 10.1. The minimum Gasteiger partial charge on any atom is -0.497 e. The van der Waals surface area contributed by atoms with E-state index in [0.717, 1.165) is 24.3 Å². The van der Waals surface area contributed by atoms with E-state index in [1.165, 1.54) is 11.1 Å². The fourth-order valence-corrected chi connectivity index (χ4v) is 1.69. The second-order valence-corrected chi connectivity index (χ2v) is 4.28. The van der Waals surface area contributed by atoms with Gasteiger partial charge < -0.3 is 14.2 Å². The van der Waals surface area contributed by atoms with Crippen LogP contribution in [0.1, 0.15) is 18.9 Å². The highest BCUT2D eigenvalue weighted by Gasteiger charge is 2.04. The molecule has 0 fully saturated rings. The largest absolute Gasteiger partial charge is 0.497 e. The maximum Gasteiger partial charge on any atom is 0.160 e. The highest BCUT2D eigenvalue weighted by atomic mass is 16.5. The van der Waals surface area contributed by atoms with E-state index in [2.05, 4.69) is 19.6 Å². The van der Waals surface area contributed by atoms with E-state index >= 15 is 0 Å². The Labute approximate surface area is 115 Å². The minimum absolute atomic E-state index is 0.549. The Morgan fingerprint density at radius 3 is 2.58 bits per heavy atom. The molecule has 0 aliphatic heterocycles. The molecule has 0 aromatic heterocycles. The van der Waals surface area contributed by atoms with Gasteiger partial charge in [0.05, 0.1) is 20.5 Å². The van der Waals surface area contributed by atoms with E-state index in [1.807, 2.05) is 12.1 Å². The van der Waals surface area contributed by atoms with E-state index in [1.54, 1.807) is 26.6 Å². The summed E-state index contributed by atoms with van der Waals surface area (Å²) in [5.74, 6) is 1.53. The van der Waals surface area contributed by atoms with Crippen molar-refractivity contribution in [2.24, 2.45) is 0 Å². The Morgan fingerprint density at radius 2 is 1.95 bits per heavy atom. The van der Waals surface area contributed by atoms with Gasteiger partial charge in [0.25, 0.3) is 0 Å². The zero-order valence-electron chi connectivity index (χ0n) is 11.9. The van der Waals surface area contributed by atoms with Crippen LogP contribution < -0.4 is 9.47 Å². The van der Waals surface area contributed by atoms with Gasteiger partial charge in [0.2, 0.25) is 0 Å². The van der Waals surface area contributed by atoms with Gasteiger partial charge in [-0.25, -0.2) is 0 Å². The van der Waals surface area contributed by atoms with Gasteiger partial charge in [-0.15, -0.1) is 0 Å². The van der Waals surface area contributed by atoms with E-state index in [4.69, 9.17) is 14.2 Å². The first kappa shape index (κ1) is 15.2. The van der Waals surface area contributed by atoms with Gasteiger partial charge >= 0.3 is 0 Å². The van der Waals surface area contributed by atoms with Crippen molar-refractivity contribution < 1.29 is 14.2 Å².